The van der Waals surface area contributed by atoms with Gasteiger partial charge in [0.15, 0.2) is 9.84 Å². The minimum absolute atomic E-state index is 0.0303. The van der Waals surface area contributed by atoms with Gasteiger partial charge < -0.3 is 4.74 Å². The number of halogens is 1. The molecule has 8 heteroatoms. The summed E-state index contributed by atoms with van der Waals surface area (Å²) in [7, 11) is -1.98. The highest BCUT2D eigenvalue weighted by atomic mass is 32.2. The third-order valence-corrected chi connectivity index (χ3v) is 7.20. The molecule has 0 aromatic heterocycles. The molecular formula is C23H22FN3O3S. The van der Waals surface area contributed by atoms with Crippen LogP contribution in [-0.4, -0.2) is 39.5 Å². The van der Waals surface area contributed by atoms with E-state index in [1.165, 1.54) is 31.6 Å². The maximum Gasteiger partial charge on any atom is 0.178 e. The van der Waals surface area contributed by atoms with Gasteiger partial charge in [-0.05, 0) is 42.8 Å². The third kappa shape index (κ3) is 3.72. The molecular weight excluding hydrogens is 417 g/mol. The van der Waals surface area contributed by atoms with Crippen molar-refractivity contribution in [2.75, 3.05) is 12.9 Å². The Balaban J connectivity index is 1.83. The molecule has 2 aliphatic heterocycles. The molecule has 2 aromatic carbocycles. The molecule has 2 heterocycles. The van der Waals surface area contributed by atoms with Gasteiger partial charge in [0.05, 0.1) is 29.2 Å². The number of sulfone groups is 1. The summed E-state index contributed by atoms with van der Waals surface area (Å²) in [6, 6.07) is 9.17. The average molecular weight is 440 g/mol. The minimum atomic E-state index is -3.41. The zero-order valence-electron chi connectivity index (χ0n) is 17.5. The zero-order valence-corrected chi connectivity index (χ0v) is 18.3. The Bertz CT molecular complexity index is 1280. The van der Waals surface area contributed by atoms with Crippen LogP contribution in [0.2, 0.25) is 0 Å². The fourth-order valence-electron chi connectivity index (χ4n) is 3.67. The Kier molecular flexibility index (Phi) is 5.58. The normalized spacial score (nSPS) is 17.7. The largest absolute Gasteiger partial charge is 0.496 e. The Morgan fingerprint density at radius 2 is 1.84 bits per heavy atom. The van der Waals surface area contributed by atoms with Crippen molar-refractivity contribution in [1.29, 1.82) is 0 Å². The van der Waals surface area contributed by atoms with Crippen molar-refractivity contribution in [3.8, 4) is 16.9 Å². The first-order valence-corrected chi connectivity index (χ1v) is 11.6. The van der Waals surface area contributed by atoms with E-state index in [-0.39, 0.29) is 27.9 Å². The second-order valence-electron chi connectivity index (χ2n) is 7.21. The molecule has 160 valence electrons. The smallest absolute Gasteiger partial charge is 0.178 e. The molecule has 4 rings (SSSR count). The number of methoxy groups -OCH3 is 1. The standard InChI is InChI=1S/C23H22FN3O3S/c1-4-14-12-25-22(23-21(14)26-13-27-23)15-6-9-19(24)18(10-15)17-8-7-16(11-20(17)30-3)31(28,29)5-2/h6-14H,4-5H2,1-3H3. The monoisotopic (exact) mass is 439 g/mol. The minimum Gasteiger partial charge on any atom is -0.496 e. The SMILES string of the molecule is CCC1C=NC(c2ccc(F)c(-c3ccc(S(=O)(=O)CC)cc3OC)c2)=C2N=CN=C21. The van der Waals surface area contributed by atoms with E-state index in [0.717, 1.165) is 12.1 Å². The molecule has 0 amide bonds. The van der Waals surface area contributed by atoms with Crippen molar-refractivity contribution in [2.45, 2.75) is 25.2 Å². The zero-order chi connectivity index (χ0) is 22.2. The summed E-state index contributed by atoms with van der Waals surface area (Å²) in [5, 5.41) is 0. The second-order valence-corrected chi connectivity index (χ2v) is 9.49. The highest BCUT2D eigenvalue weighted by Gasteiger charge is 2.27. The summed E-state index contributed by atoms with van der Waals surface area (Å²) in [6.07, 6.45) is 4.23. The highest BCUT2D eigenvalue weighted by molar-refractivity contribution is 7.91. The van der Waals surface area contributed by atoms with E-state index < -0.39 is 15.7 Å². The molecule has 0 saturated heterocycles. The topological polar surface area (TPSA) is 80.5 Å². The second kappa shape index (κ2) is 8.19. The first-order valence-electron chi connectivity index (χ1n) is 9.99. The molecule has 0 bridgehead atoms. The fraction of sp³-hybridized carbons (Fsp3) is 0.261. The number of hydrogen-bond acceptors (Lipinski definition) is 6. The van der Waals surface area contributed by atoms with Crippen LogP contribution >= 0.6 is 0 Å². The van der Waals surface area contributed by atoms with Crippen LogP contribution in [-0.2, 0) is 9.84 Å². The van der Waals surface area contributed by atoms with Gasteiger partial charge in [-0.1, -0.05) is 13.8 Å². The molecule has 1 unspecified atom stereocenters. The van der Waals surface area contributed by atoms with Crippen molar-refractivity contribution < 1.29 is 17.5 Å². The van der Waals surface area contributed by atoms with Gasteiger partial charge in [-0.25, -0.2) is 22.8 Å². The van der Waals surface area contributed by atoms with Crippen LogP contribution < -0.4 is 4.74 Å². The Hall–Kier alpha value is -3.13. The molecule has 0 saturated carbocycles. The number of rotatable bonds is 6. The van der Waals surface area contributed by atoms with Crippen molar-refractivity contribution >= 4 is 33.8 Å². The summed E-state index contributed by atoms with van der Waals surface area (Å²) in [5.74, 6) is -0.0945. The number of benzene rings is 2. The van der Waals surface area contributed by atoms with Gasteiger partial charge in [-0.2, -0.15) is 0 Å². The molecule has 0 fully saturated rings. The van der Waals surface area contributed by atoms with Crippen molar-refractivity contribution in [3.63, 3.8) is 0 Å². The maximum atomic E-state index is 14.8. The number of aliphatic imine (C=N–C) groups is 3. The van der Waals surface area contributed by atoms with Gasteiger partial charge >= 0.3 is 0 Å². The summed E-state index contributed by atoms with van der Waals surface area (Å²) < 4.78 is 44.7. The van der Waals surface area contributed by atoms with Crippen molar-refractivity contribution in [2.24, 2.45) is 20.9 Å². The number of nitrogens with zero attached hydrogens (tertiary/aromatic N) is 3. The van der Waals surface area contributed by atoms with Gasteiger partial charge in [-0.3, -0.25) is 4.99 Å². The van der Waals surface area contributed by atoms with Gasteiger partial charge in [0.1, 0.15) is 23.6 Å². The molecule has 0 aliphatic carbocycles. The Morgan fingerprint density at radius 3 is 2.55 bits per heavy atom. The van der Waals surface area contributed by atoms with Crippen LogP contribution in [0.5, 0.6) is 5.75 Å². The van der Waals surface area contributed by atoms with Crippen molar-refractivity contribution in [1.82, 2.24) is 0 Å². The Morgan fingerprint density at radius 1 is 1.03 bits per heavy atom. The molecule has 0 radical (unpaired) electrons. The lowest BCUT2D eigenvalue weighted by Crippen LogP contribution is -2.19. The molecule has 31 heavy (non-hydrogen) atoms. The summed E-state index contributed by atoms with van der Waals surface area (Å²) in [5.41, 5.74) is 3.63. The lowest BCUT2D eigenvalue weighted by Gasteiger charge is -2.19. The number of ether oxygens (including phenoxy) is 1. The summed E-state index contributed by atoms with van der Waals surface area (Å²) >= 11 is 0. The molecule has 1 atom stereocenters. The van der Waals surface area contributed by atoms with Crippen LogP contribution in [0.1, 0.15) is 25.8 Å². The Labute approximate surface area is 180 Å². The van der Waals surface area contributed by atoms with Crippen LogP contribution in [0, 0.1) is 11.7 Å². The number of hydrogen-bond donors (Lipinski definition) is 0. The van der Waals surface area contributed by atoms with Gasteiger partial charge in [-0.15, -0.1) is 0 Å². The van der Waals surface area contributed by atoms with E-state index in [2.05, 4.69) is 21.9 Å². The third-order valence-electron chi connectivity index (χ3n) is 5.47. The van der Waals surface area contributed by atoms with E-state index in [9.17, 15) is 12.8 Å². The number of fused-ring (bicyclic) bond motifs is 1. The molecule has 0 N–H and O–H groups in total. The van der Waals surface area contributed by atoms with E-state index in [0.29, 0.717) is 22.5 Å². The molecule has 2 aliphatic rings. The first-order chi connectivity index (χ1) is 14.9. The predicted octanol–water partition coefficient (Wildman–Crippen LogP) is 4.56. The first kappa shape index (κ1) is 21.1. The van der Waals surface area contributed by atoms with E-state index in [4.69, 9.17) is 4.74 Å². The highest BCUT2D eigenvalue weighted by Crippen LogP contribution is 2.37. The quantitative estimate of drug-likeness (QED) is 0.662. The van der Waals surface area contributed by atoms with Crippen LogP contribution in [0.25, 0.3) is 16.8 Å². The lowest BCUT2D eigenvalue weighted by molar-refractivity contribution is 0.415. The molecule has 2 aromatic rings. The number of allylic oxidation sites excluding steroid dienone is 1. The summed E-state index contributed by atoms with van der Waals surface area (Å²) in [4.78, 5) is 13.5. The van der Waals surface area contributed by atoms with Crippen LogP contribution in [0.4, 0.5) is 4.39 Å². The molecule has 0 spiro atoms. The molecule has 6 nitrogen and oxygen atoms in total. The lowest BCUT2D eigenvalue weighted by atomic mass is 9.93. The van der Waals surface area contributed by atoms with Gasteiger partial charge in [0, 0.05) is 28.8 Å². The van der Waals surface area contributed by atoms with E-state index in [1.54, 1.807) is 25.1 Å². The van der Waals surface area contributed by atoms with E-state index >= 15 is 0 Å². The predicted molar refractivity (Wildman–Crippen MR) is 121 cm³/mol. The van der Waals surface area contributed by atoms with Gasteiger partial charge in [0.25, 0.3) is 0 Å². The van der Waals surface area contributed by atoms with Gasteiger partial charge in [0.2, 0.25) is 0 Å². The maximum absolute atomic E-state index is 14.8. The average Bonchev–Trinajstić information content (AvgIpc) is 3.28. The van der Waals surface area contributed by atoms with Crippen LogP contribution in [0.3, 0.4) is 0 Å². The van der Waals surface area contributed by atoms with Crippen molar-refractivity contribution in [3.05, 3.63) is 53.5 Å². The summed E-state index contributed by atoms with van der Waals surface area (Å²) in [6.45, 7) is 3.63. The fourth-order valence-corrected chi connectivity index (χ4v) is 4.56. The van der Waals surface area contributed by atoms with E-state index in [1.807, 2.05) is 6.21 Å². The van der Waals surface area contributed by atoms with Crippen LogP contribution in [0.15, 0.2) is 62.0 Å².